The summed E-state index contributed by atoms with van der Waals surface area (Å²) in [6.07, 6.45) is 1.71. The zero-order valence-corrected chi connectivity index (χ0v) is 16.9. The van der Waals surface area contributed by atoms with Crippen molar-refractivity contribution < 1.29 is 14.3 Å². The lowest BCUT2D eigenvalue weighted by atomic mass is 10.1. The van der Waals surface area contributed by atoms with Gasteiger partial charge in [-0.15, -0.1) is 0 Å². The lowest BCUT2D eigenvalue weighted by Crippen LogP contribution is -2.20. The maximum atomic E-state index is 12.2. The van der Waals surface area contributed by atoms with Crippen LogP contribution in [0.5, 0.6) is 5.75 Å². The second-order valence-corrected chi connectivity index (χ2v) is 7.63. The number of nitrogens with two attached hydrogens (primary N) is 1. The van der Waals surface area contributed by atoms with E-state index in [4.69, 9.17) is 22.1 Å². The summed E-state index contributed by atoms with van der Waals surface area (Å²) in [6.45, 7) is 3.80. The number of hydrogen-bond acceptors (Lipinski definition) is 5. The summed E-state index contributed by atoms with van der Waals surface area (Å²) in [5.41, 5.74) is 8.89. The van der Waals surface area contributed by atoms with Gasteiger partial charge in [-0.05, 0) is 72.6 Å². The highest BCUT2D eigenvalue weighted by atomic mass is 35.5. The van der Waals surface area contributed by atoms with Crippen molar-refractivity contribution in [2.24, 2.45) is 10.7 Å². The van der Waals surface area contributed by atoms with E-state index < -0.39 is 5.91 Å². The molecule has 0 spiro atoms. The van der Waals surface area contributed by atoms with E-state index in [1.165, 1.54) is 17.3 Å². The molecule has 0 bridgehead atoms. The van der Waals surface area contributed by atoms with Gasteiger partial charge >= 0.3 is 0 Å². The third kappa shape index (κ3) is 4.94. The van der Waals surface area contributed by atoms with Gasteiger partial charge in [0.05, 0.1) is 15.6 Å². The number of carbonyl (C=O) groups excluding carboxylic acids is 2. The minimum absolute atomic E-state index is 0.224. The van der Waals surface area contributed by atoms with Gasteiger partial charge in [-0.1, -0.05) is 23.7 Å². The van der Waals surface area contributed by atoms with Crippen LogP contribution in [-0.2, 0) is 9.59 Å². The molecule has 6 nitrogen and oxygen atoms in total. The minimum atomic E-state index is -0.586. The lowest BCUT2D eigenvalue weighted by molar-refractivity contribution is -0.120. The third-order valence-corrected chi connectivity index (χ3v) is 5.20. The van der Waals surface area contributed by atoms with Crippen molar-refractivity contribution in [2.45, 2.75) is 13.8 Å². The van der Waals surface area contributed by atoms with Crippen molar-refractivity contribution in [3.63, 3.8) is 0 Å². The second-order valence-electron chi connectivity index (χ2n) is 6.20. The van der Waals surface area contributed by atoms with Gasteiger partial charge in [0.2, 0.25) is 0 Å². The van der Waals surface area contributed by atoms with Gasteiger partial charge < -0.3 is 15.8 Å². The topological polar surface area (TPSA) is 93.8 Å². The Balaban J connectivity index is 1.76. The van der Waals surface area contributed by atoms with Gasteiger partial charge in [0.1, 0.15) is 5.75 Å². The van der Waals surface area contributed by atoms with Crippen molar-refractivity contribution in [3.8, 4) is 5.75 Å². The molecule has 0 saturated carbocycles. The first-order valence-corrected chi connectivity index (χ1v) is 9.59. The standard InChI is InChI=1S/C20H18ClN3O3S/c1-11-3-5-14(7-12(11)2)23-20-24-19(26)17(28-20)9-13-4-6-16(15(21)8-13)27-10-18(22)25/h3-9H,10H2,1-2H3,(H2,22,25)(H,23,24,26). The van der Waals surface area contributed by atoms with E-state index in [2.05, 4.69) is 10.3 Å². The first-order chi connectivity index (χ1) is 13.3. The van der Waals surface area contributed by atoms with Crippen LogP contribution in [0.1, 0.15) is 16.7 Å². The maximum absolute atomic E-state index is 12.2. The van der Waals surface area contributed by atoms with E-state index in [0.717, 1.165) is 16.8 Å². The number of thioether (sulfide) groups is 1. The number of hydrogen-bond donors (Lipinski definition) is 2. The van der Waals surface area contributed by atoms with Gasteiger partial charge in [0.15, 0.2) is 11.8 Å². The van der Waals surface area contributed by atoms with E-state index >= 15 is 0 Å². The number of nitrogens with zero attached hydrogens (tertiary/aromatic N) is 1. The number of amides is 2. The van der Waals surface area contributed by atoms with E-state index in [0.29, 0.717) is 20.8 Å². The molecule has 2 aromatic rings. The number of primary amides is 1. The van der Waals surface area contributed by atoms with E-state index in [9.17, 15) is 9.59 Å². The molecule has 0 atom stereocenters. The fourth-order valence-corrected chi connectivity index (χ4v) is 3.50. The molecule has 1 aliphatic rings. The SMILES string of the molecule is Cc1ccc(N=C2NC(=O)C(=Cc3ccc(OCC(N)=O)c(Cl)c3)S2)cc1C. The third-order valence-electron chi connectivity index (χ3n) is 4.00. The number of ether oxygens (including phenoxy) is 1. The van der Waals surface area contributed by atoms with Crippen LogP contribution in [-0.4, -0.2) is 23.6 Å². The summed E-state index contributed by atoms with van der Waals surface area (Å²) >= 11 is 7.42. The molecular formula is C20H18ClN3O3S. The van der Waals surface area contributed by atoms with Crippen LogP contribution in [0, 0.1) is 13.8 Å². The molecule has 0 aliphatic carbocycles. The Hall–Kier alpha value is -2.77. The molecular weight excluding hydrogens is 398 g/mol. The van der Waals surface area contributed by atoms with Crippen LogP contribution >= 0.6 is 23.4 Å². The Morgan fingerprint density at radius 1 is 1.25 bits per heavy atom. The Kier molecular flexibility index (Phi) is 6.06. The lowest BCUT2D eigenvalue weighted by Gasteiger charge is -2.06. The van der Waals surface area contributed by atoms with Crippen LogP contribution in [0.25, 0.3) is 6.08 Å². The van der Waals surface area contributed by atoms with Crippen molar-refractivity contribution >= 4 is 52.1 Å². The molecule has 2 aromatic carbocycles. The maximum Gasteiger partial charge on any atom is 0.264 e. The number of halogens is 1. The van der Waals surface area contributed by atoms with Gasteiger partial charge in [-0.3, -0.25) is 9.59 Å². The minimum Gasteiger partial charge on any atom is -0.482 e. The Morgan fingerprint density at radius 2 is 2.04 bits per heavy atom. The van der Waals surface area contributed by atoms with Crippen molar-refractivity contribution in [1.29, 1.82) is 0 Å². The Morgan fingerprint density at radius 3 is 2.71 bits per heavy atom. The quantitative estimate of drug-likeness (QED) is 0.728. The first-order valence-electron chi connectivity index (χ1n) is 8.39. The Bertz CT molecular complexity index is 1020. The number of aliphatic imine (C=N–C) groups is 1. The monoisotopic (exact) mass is 415 g/mol. The highest BCUT2D eigenvalue weighted by molar-refractivity contribution is 8.18. The second kappa shape index (κ2) is 8.50. The molecule has 28 heavy (non-hydrogen) atoms. The smallest absolute Gasteiger partial charge is 0.264 e. The predicted octanol–water partition coefficient (Wildman–Crippen LogP) is 3.71. The van der Waals surface area contributed by atoms with Crippen LogP contribution in [0.4, 0.5) is 5.69 Å². The van der Waals surface area contributed by atoms with Gasteiger partial charge in [0, 0.05) is 0 Å². The zero-order valence-electron chi connectivity index (χ0n) is 15.3. The normalized spacial score (nSPS) is 16.5. The molecule has 0 aromatic heterocycles. The van der Waals surface area contributed by atoms with Gasteiger partial charge in [0.25, 0.3) is 11.8 Å². The number of nitrogens with one attached hydrogen (secondary N) is 1. The van der Waals surface area contributed by atoms with E-state index in [1.54, 1.807) is 24.3 Å². The molecule has 3 rings (SSSR count). The van der Waals surface area contributed by atoms with E-state index in [1.807, 2.05) is 32.0 Å². The molecule has 1 saturated heterocycles. The Labute approximate surface area is 171 Å². The molecule has 1 aliphatic heterocycles. The molecule has 1 fully saturated rings. The van der Waals surface area contributed by atoms with Gasteiger partial charge in [-0.2, -0.15) is 0 Å². The van der Waals surface area contributed by atoms with Crippen LogP contribution in [0.3, 0.4) is 0 Å². The fourth-order valence-electron chi connectivity index (χ4n) is 2.42. The summed E-state index contributed by atoms with van der Waals surface area (Å²) in [5, 5.41) is 3.60. The van der Waals surface area contributed by atoms with Crippen LogP contribution in [0.2, 0.25) is 5.02 Å². The summed E-state index contributed by atoms with van der Waals surface area (Å²) in [6, 6.07) is 10.9. The highest BCUT2D eigenvalue weighted by Crippen LogP contribution is 2.31. The average molecular weight is 416 g/mol. The molecule has 1 heterocycles. The first kappa shape index (κ1) is 20.0. The van der Waals surface area contributed by atoms with Crippen LogP contribution < -0.4 is 15.8 Å². The number of rotatable bonds is 5. The number of carbonyl (C=O) groups is 2. The van der Waals surface area contributed by atoms with Gasteiger partial charge in [-0.25, -0.2) is 4.99 Å². The number of amidine groups is 1. The van der Waals surface area contributed by atoms with E-state index in [-0.39, 0.29) is 12.5 Å². The molecule has 0 unspecified atom stereocenters. The summed E-state index contributed by atoms with van der Waals surface area (Å²) in [4.78, 5) is 28.0. The highest BCUT2D eigenvalue weighted by Gasteiger charge is 2.24. The molecule has 2 amide bonds. The fraction of sp³-hybridized carbons (Fsp3) is 0.150. The summed E-state index contributed by atoms with van der Waals surface area (Å²) < 4.78 is 5.21. The molecule has 8 heteroatoms. The largest absolute Gasteiger partial charge is 0.482 e. The molecule has 3 N–H and O–H groups in total. The van der Waals surface area contributed by atoms with Crippen molar-refractivity contribution in [1.82, 2.24) is 5.32 Å². The average Bonchev–Trinajstić information content (AvgIpc) is 2.96. The van der Waals surface area contributed by atoms with Crippen LogP contribution in [0.15, 0.2) is 46.3 Å². The predicted molar refractivity (Wildman–Crippen MR) is 113 cm³/mol. The molecule has 0 radical (unpaired) electrons. The van der Waals surface area contributed by atoms with Crippen molar-refractivity contribution in [3.05, 3.63) is 63.0 Å². The summed E-state index contributed by atoms with van der Waals surface area (Å²) in [5.74, 6) is -0.460. The summed E-state index contributed by atoms with van der Waals surface area (Å²) in [7, 11) is 0. The number of aryl methyl sites for hydroxylation is 2. The van der Waals surface area contributed by atoms with Crippen molar-refractivity contribution in [2.75, 3.05) is 6.61 Å². The molecule has 144 valence electrons. The zero-order chi connectivity index (χ0) is 20.3. The number of benzene rings is 2.